The molecule has 7 nitrogen and oxygen atoms in total. The van der Waals surface area contributed by atoms with Crippen LogP contribution in [-0.2, 0) is 11.2 Å². The number of carbonyl (C=O) groups is 1. The quantitative estimate of drug-likeness (QED) is 0.872. The normalized spacial score (nSPS) is 18.3. The highest BCUT2D eigenvalue weighted by Crippen LogP contribution is 2.09. The van der Waals surface area contributed by atoms with Crippen molar-refractivity contribution in [3.63, 3.8) is 0 Å². The average Bonchev–Trinajstić information content (AvgIpc) is 2.81. The maximum absolute atomic E-state index is 12.4. The summed E-state index contributed by atoms with van der Waals surface area (Å²) in [6, 6.07) is 2.16. The molecule has 1 atom stereocenters. The zero-order valence-corrected chi connectivity index (χ0v) is 13.9. The number of halogens is 1. The predicted molar refractivity (Wildman–Crippen MR) is 85.3 cm³/mol. The van der Waals surface area contributed by atoms with Crippen LogP contribution in [0.25, 0.3) is 5.78 Å². The molecule has 3 rings (SSSR count). The van der Waals surface area contributed by atoms with E-state index in [1.807, 2.05) is 24.8 Å². The van der Waals surface area contributed by atoms with Crippen molar-refractivity contribution in [2.45, 2.75) is 33.2 Å². The van der Waals surface area contributed by atoms with Crippen molar-refractivity contribution >= 4 is 24.1 Å². The first-order chi connectivity index (χ1) is 10.0. The molecule has 2 aromatic rings. The minimum absolute atomic E-state index is 0. The molecular formula is C14H21ClN6O. The van der Waals surface area contributed by atoms with Crippen molar-refractivity contribution in [2.24, 2.45) is 0 Å². The van der Waals surface area contributed by atoms with Crippen LogP contribution >= 0.6 is 12.4 Å². The van der Waals surface area contributed by atoms with Crippen molar-refractivity contribution < 1.29 is 4.79 Å². The van der Waals surface area contributed by atoms with Gasteiger partial charge >= 0.3 is 0 Å². The number of rotatable bonds is 2. The molecule has 2 aromatic heterocycles. The van der Waals surface area contributed by atoms with E-state index in [1.165, 1.54) is 0 Å². The fourth-order valence-corrected chi connectivity index (χ4v) is 2.73. The second kappa shape index (κ2) is 6.58. The topological polar surface area (TPSA) is 75.4 Å². The first kappa shape index (κ1) is 16.6. The van der Waals surface area contributed by atoms with E-state index < -0.39 is 0 Å². The van der Waals surface area contributed by atoms with Gasteiger partial charge in [0.1, 0.15) is 0 Å². The Kier molecular flexibility index (Phi) is 4.97. The number of nitrogens with zero attached hydrogens (tertiary/aromatic N) is 5. The monoisotopic (exact) mass is 324 g/mol. The smallest absolute Gasteiger partial charge is 0.252 e. The number of nitrogens with one attached hydrogen (secondary N) is 1. The van der Waals surface area contributed by atoms with Crippen LogP contribution in [-0.4, -0.2) is 56.1 Å². The Labute approximate surface area is 135 Å². The van der Waals surface area contributed by atoms with Gasteiger partial charge in [0.2, 0.25) is 5.91 Å². The number of piperazine rings is 1. The SMILES string of the molecule is Cc1cc(C)n2nc(CC(=O)N3CCNC[C@H]3C)nc2n1.Cl. The fraction of sp³-hybridized carbons (Fsp3) is 0.571. The first-order valence-electron chi connectivity index (χ1n) is 7.24. The highest BCUT2D eigenvalue weighted by molar-refractivity contribution is 5.85. The molecule has 0 spiro atoms. The number of carbonyl (C=O) groups excluding carboxylic acids is 1. The maximum Gasteiger partial charge on any atom is 0.252 e. The summed E-state index contributed by atoms with van der Waals surface area (Å²) in [6.07, 6.45) is 0.228. The van der Waals surface area contributed by atoms with Crippen LogP contribution in [0.4, 0.5) is 0 Å². The summed E-state index contributed by atoms with van der Waals surface area (Å²) in [4.78, 5) is 23.0. The average molecular weight is 325 g/mol. The van der Waals surface area contributed by atoms with Gasteiger partial charge in [0, 0.05) is 37.1 Å². The molecule has 1 fully saturated rings. The van der Waals surface area contributed by atoms with Crippen LogP contribution in [0.2, 0.25) is 0 Å². The van der Waals surface area contributed by atoms with Crippen molar-refractivity contribution in [2.75, 3.05) is 19.6 Å². The third kappa shape index (κ3) is 3.20. The molecule has 8 heteroatoms. The van der Waals surface area contributed by atoms with Crippen LogP contribution in [0, 0.1) is 13.8 Å². The molecule has 1 saturated heterocycles. The molecule has 120 valence electrons. The Morgan fingerprint density at radius 1 is 1.41 bits per heavy atom. The molecular weight excluding hydrogens is 304 g/mol. The van der Waals surface area contributed by atoms with E-state index in [2.05, 4.69) is 27.3 Å². The summed E-state index contributed by atoms with van der Waals surface area (Å²) in [5.74, 6) is 1.17. The summed E-state index contributed by atoms with van der Waals surface area (Å²) in [5.41, 5.74) is 1.88. The van der Waals surface area contributed by atoms with Crippen molar-refractivity contribution in [1.82, 2.24) is 29.8 Å². The number of hydrogen-bond donors (Lipinski definition) is 1. The summed E-state index contributed by atoms with van der Waals surface area (Å²) in [7, 11) is 0. The van der Waals surface area contributed by atoms with Crippen molar-refractivity contribution in [1.29, 1.82) is 0 Å². The Morgan fingerprint density at radius 3 is 2.91 bits per heavy atom. The highest BCUT2D eigenvalue weighted by atomic mass is 35.5. The molecule has 1 aliphatic heterocycles. The lowest BCUT2D eigenvalue weighted by atomic mass is 10.2. The third-order valence-corrected chi connectivity index (χ3v) is 3.79. The van der Waals surface area contributed by atoms with Crippen molar-refractivity contribution in [3.05, 3.63) is 23.3 Å². The van der Waals surface area contributed by atoms with E-state index in [-0.39, 0.29) is 30.8 Å². The van der Waals surface area contributed by atoms with Crippen LogP contribution in [0.5, 0.6) is 0 Å². The lowest BCUT2D eigenvalue weighted by Crippen LogP contribution is -2.52. The molecule has 0 unspecified atom stereocenters. The molecule has 0 radical (unpaired) electrons. The predicted octanol–water partition coefficient (Wildman–Crippen LogP) is 0.526. The van der Waals surface area contributed by atoms with Crippen LogP contribution in [0.15, 0.2) is 6.07 Å². The standard InChI is InChI=1S/C14H20N6O.ClH/c1-9-6-10(2)20-14(16-9)17-12(18-20)7-13(21)19-5-4-15-8-11(19)3;/h6,11,15H,4-5,7-8H2,1-3H3;1H/t11-;/m1./s1. The fourth-order valence-electron chi connectivity index (χ4n) is 2.73. The first-order valence-corrected chi connectivity index (χ1v) is 7.24. The minimum Gasteiger partial charge on any atom is -0.337 e. The molecule has 22 heavy (non-hydrogen) atoms. The van der Waals surface area contributed by atoms with E-state index in [0.29, 0.717) is 11.6 Å². The van der Waals surface area contributed by atoms with E-state index in [1.54, 1.807) is 4.52 Å². The van der Waals surface area contributed by atoms with Crippen LogP contribution in [0.3, 0.4) is 0 Å². The molecule has 1 amide bonds. The van der Waals surface area contributed by atoms with Gasteiger partial charge < -0.3 is 10.2 Å². The molecule has 0 saturated carbocycles. The van der Waals surface area contributed by atoms with Gasteiger partial charge in [-0.1, -0.05) is 0 Å². The molecule has 0 aromatic carbocycles. The molecule has 0 aliphatic carbocycles. The molecule has 0 bridgehead atoms. The Hall–Kier alpha value is -1.73. The minimum atomic E-state index is 0. The summed E-state index contributed by atoms with van der Waals surface area (Å²) in [5, 5.41) is 7.67. The van der Waals surface area contributed by atoms with Crippen LogP contribution in [0.1, 0.15) is 24.1 Å². The zero-order chi connectivity index (χ0) is 15.0. The maximum atomic E-state index is 12.4. The van der Waals surface area contributed by atoms with Gasteiger partial charge in [-0.25, -0.2) is 9.50 Å². The summed E-state index contributed by atoms with van der Waals surface area (Å²) in [6.45, 7) is 8.36. The number of aryl methyl sites for hydroxylation is 2. The van der Waals surface area contributed by atoms with Gasteiger partial charge in [0.15, 0.2) is 5.82 Å². The van der Waals surface area contributed by atoms with Gasteiger partial charge in [-0.05, 0) is 26.8 Å². The lowest BCUT2D eigenvalue weighted by Gasteiger charge is -2.33. The lowest BCUT2D eigenvalue weighted by molar-refractivity contribution is -0.133. The second-order valence-corrected chi connectivity index (χ2v) is 5.60. The number of amides is 1. The summed E-state index contributed by atoms with van der Waals surface area (Å²) < 4.78 is 1.69. The molecule has 3 heterocycles. The van der Waals surface area contributed by atoms with Crippen LogP contribution < -0.4 is 5.32 Å². The number of fused-ring (bicyclic) bond motifs is 1. The van der Waals surface area contributed by atoms with Gasteiger partial charge in [-0.15, -0.1) is 17.5 Å². The summed E-state index contributed by atoms with van der Waals surface area (Å²) >= 11 is 0. The zero-order valence-electron chi connectivity index (χ0n) is 13.0. The van der Waals surface area contributed by atoms with Gasteiger partial charge in [-0.2, -0.15) is 4.98 Å². The Morgan fingerprint density at radius 2 is 2.18 bits per heavy atom. The van der Waals surface area contributed by atoms with Gasteiger partial charge in [0.05, 0.1) is 6.42 Å². The number of hydrogen-bond acceptors (Lipinski definition) is 5. The largest absolute Gasteiger partial charge is 0.337 e. The number of aromatic nitrogens is 4. The van der Waals surface area contributed by atoms with Crippen molar-refractivity contribution in [3.8, 4) is 0 Å². The van der Waals surface area contributed by atoms with E-state index in [9.17, 15) is 4.79 Å². The van der Waals surface area contributed by atoms with Gasteiger partial charge in [0.25, 0.3) is 5.78 Å². The van der Waals surface area contributed by atoms with Gasteiger partial charge in [-0.3, -0.25) is 4.79 Å². The highest BCUT2D eigenvalue weighted by Gasteiger charge is 2.24. The van der Waals surface area contributed by atoms with E-state index in [4.69, 9.17) is 0 Å². The Bertz CT molecular complexity index is 685. The second-order valence-electron chi connectivity index (χ2n) is 5.60. The van der Waals surface area contributed by atoms with E-state index >= 15 is 0 Å². The molecule has 1 aliphatic rings. The van der Waals surface area contributed by atoms with E-state index in [0.717, 1.165) is 31.0 Å². The Balaban J connectivity index is 0.00000176. The third-order valence-electron chi connectivity index (χ3n) is 3.79. The molecule has 1 N–H and O–H groups in total.